The Morgan fingerprint density at radius 2 is 1.00 bits per heavy atom. The van der Waals surface area contributed by atoms with E-state index in [9.17, 15) is 0 Å². The van der Waals surface area contributed by atoms with E-state index in [1.165, 1.54) is 0 Å². The molecule has 0 amide bonds. The molecule has 0 bridgehead atoms. The molecule has 0 aliphatic carbocycles. The zero-order valence-corrected chi connectivity index (χ0v) is 5.51. The predicted octanol–water partition coefficient (Wildman–Crippen LogP) is -2.10. The quantitative estimate of drug-likeness (QED) is 0.434. The van der Waals surface area contributed by atoms with Gasteiger partial charge in [0.05, 0.1) is 0 Å². The maximum Gasteiger partial charge on any atom is 0.316 e. The Morgan fingerprint density at radius 3 is 1.00 bits per heavy atom. The third kappa shape index (κ3) is 8.89. The van der Waals surface area contributed by atoms with E-state index in [-0.39, 0.29) is 92.5 Å². The fraction of sp³-hybridized carbons (Fsp3) is 0. The third-order valence-corrected chi connectivity index (χ3v) is 0. The monoisotopic (exact) mass is 253 g/mol. The molecule has 0 saturated carbocycles. The van der Waals surface area contributed by atoms with Crippen molar-refractivity contribution in [3.63, 3.8) is 0 Å². The van der Waals surface area contributed by atoms with E-state index in [0.717, 1.165) is 0 Å². The number of rotatable bonds is 0. The molecule has 23 valence electrons. The van der Waals surface area contributed by atoms with E-state index < -0.39 is 0 Å². The van der Waals surface area contributed by atoms with Crippen molar-refractivity contribution in [2.75, 3.05) is 0 Å². The zero-order chi connectivity index (χ0) is 0. The Hall–Kier alpha value is 2.99. The largest absolute Gasteiger partial charge is 0.316 e. The molecule has 4 heavy (non-hydrogen) atoms. The van der Waals surface area contributed by atoms with Gasteiger partial charge in [0.1, 0.15) is 0 Å². The van der Waals surface area contributed by atoms with Gasteiger partial charge < -0.3 is 0 Å². The number of hydrogen-bond acceptors (Lipinski definition) is 0. The summed E-state index contributed by atoms with van der Waals surface area (Å²) in [5.41, 5.74) is 0. The third-order valence-electron chi connectivity index (χ3n) is 0. The summed E-state index contributed by atoms with van der Waals surface area (Å²) in [5.74, 6) is 0. The standard InChI is InChI=1S/Al.La.Mg.Ni.5H. The SMILES string of the molecule is [AlH3].[La].[MgH2].[Ni]. The Kier molecular flexibility index (Phi) is 117. The minimum Gasteiger partial charge on any atom is 0 e. The van der Waals surface area contributed by atoms with Crippen LogP contribution in [-0.2, 0) is 16.5 Å². The summed E-state index contributed by atoms with van der Waals surface area (Å²) < 4.78 is 0. The van der Waals surface area contributed by atoms with Gasteiger partial charge in [-0.05, 0) is 0 Å². The van der Waals surface area contributed by atoms with Crippen LogP contribution in [-0.4, -0.2) is 40.4 Å². The van der Waals surface area contributed by atoms with Crippen LogP contribution in [0.4, 0.5) is 0 Å². The summed E-state index contributed by atoms with van der Waals surface area (Å²) in [6.07, 6.45) is 0. The van der Waals surface area contributed by atoms with Crippen molar-refractivity contribution >= 4 is 40.4 Å². The number of hydrogen-bond donors (Lipinski definition) is 0. The first-order valence-corrected chi connectivity index (χ1v) is 0. The van der Waals surface area contributed by atoms with Crippen molar-refractivity contribution < 1.29 is 52.1 Å². The van der Waals surface area contributed by atoms with Gasteiger partial charge in [-0.3, -0.25) is 0 Å². The molecule has 0 fully saturated rings. The molecule has 0 atom stereocenters. The minimum atomic E-state index is 0. The first kappa shape index (κ1) is 28.1. The van der Waals surface area contributed by atoms with E-state index in [1.54, 1.807) is 0 Å². The molecule has 0 N–H and O–H groups in total. The van der Waals surface area contributed by atoms with E-state index in [2.05, 4.69) is 0 Å². The first-order valence-electron chi connectivity index (χ1n) is 0. The molecule has 0 nitrogen and oxygen atoms in total. The van der Waals surface area contributed by atoms with Gasteiger partial charge in [0, 0.05) is 52.1 Å². The van der Waals surface area contributed by atoms with Crippen LogP contribution in [0, 0.1) is 35.6 Å². The Bertz CT molecular complexity index is 8.00. The van der Waals surface area contributed by atoms with Crippen molar-refractivity contribution in [3.05, 3.63) is 0 Å². The topological polar surface area (TPSA) is 0 Å². The van der Waals surface area contributed by atoms with Crippen molar-refractivity contribution in [2.45, 2.75) is 0 Å². The van der Waals surface area contributed by atoms with Crippen LogP contribution in [0.1, 0.15) is 0 Å². The molecule has 0 aromatic rings. The van der Waals surface area contributed by atoms with E-state index in [1.807, 2.05) is 0 Å². The summed E-state index contributed by atoms with van der Waals surface area (Å²) >= 11 is 0. The van der Waals surface area contributed by atoms with Crippen molar-refractivity contribution in [1.82, 2.24) is 0 Å². The van der Waals surface area contributed by atoms with Gasteiger partial charge in [-0.15, -0.1) is 0 Å². The van der Waals surface area contributed by atoms with E-state index in [4.69, 9.17) is 0 Å². The van der Waals surface area contributed by atoms with E-state index >= 15 is 0 Å². The summed E-state index contributed by atoms with van der Waals surface area (Å²) in [5, 5.41) is 0. The van der Waals surface area contributed by atoms with Gasteiger partial charge >= 0.3 is 23.1 Å². The van der Waals surface area contributed by atoms with Crippen LogP contribution >= 0.6 is 0 Å². The molecule has 0 aromatic carbocycles. The van der Waals surface area contributed by atoms with Crippen LogP contribution in [0.25, 0.3) is 0 Å². The molecule has 0 aliphatic heterocycles. The van der Waals surface area contributed by atoms with Crippen molar-refractivity contribution in [1.29, 1.82) is 0 Å². The van der Waals surface area contributed by atoms with Gasteiger partial charge in [-0.1, -0.05) is 0 Å². The summed E-state index contributed by atoms with van der Waals surface area (Å²) in [6.45, 7) is 0. The van der Waals surface area contributed by atoms with Gasteiger partial charge in [0.15, 0.2) is 17.4 Å². The van der Waals surface area contributed by atoms with Crippen molar-refractivity contribution in [3.8, 4) is 0 Å². The molecule has 4 heteroatoms. The van der Waals surface area contributed by atoms with Crippen molar-refractivity contribution in [2.24, 2.45) is 0 Å². The van der Waals surface area contributed by atoms with Crippen LogP contribution in [0.3, 0.4) is 0 Å². The molecule has 0 saturated heterocycles. The molecule has 0 aliphatic rings. The molecule has 0 rings (SSSR count). The van der Waals surface area contributed by atoms with Crippen LogP contribution in [0.15, 0.2) is 0 Å². The molecule has 1 radical (unpaired) electrons. The van der Waals surface area contributed by atoms with Gasteiger partial charge in [-0.25, -0.2) is 0 Å². The fourth-order valence-electron chi connectivity index (χ4n) is 0. The zero-order valence-electron chi connectivity index (χ0n) is 0.894. The second-order valence-corrected chi connectivity index (χ2v) is 0. The molecule has 0 unspecified atom stereocenters. The molecular formula is H5AlLaMgNi. The minimum absolute atomic E-state index is 0. The fourth-order valence-corrected chi connectivity index (χ4v) is 0. The second-order valence-electron chi connectivity index (χ2n) is 0. The Labute approximate surface area is 90.7 Å². The molecule has 0 heterocycles. The molecular weight excluding hydrogens is 249 g/mol. The van der Waals surface area contributed by atoms with Crippen LogP contribution < -0.4 is 0 Å². The maximum atomic E-state index is 0. The van der Waals surface area contributed by atoms with Crippen LogP contribution in [0.5, 0.6) is 0 Å². The van der Waals surface area contributed by atoms with Gasteiger partial charge in [0.25, 0.3) is 0 Å². The van der Waals surface area contributed by atoms with Gasteiger partial charge in [0.2, 0.25) is 0 Å². The smallest absolute Gasteiger partial charge is 0 e. The Morgan fingerprint density at radius 1 is 1.00 bits per heavy atom. The average Bonchev–Trinajstić information content (AvgIpc) is 0. The summed E-state index contributed by atoms with van der Waals surface area (Å²) in [4.78, 5) is 0. The van der Waals surface area contributed by atoms with Crippen LogP contribution in [0.2, 0.25) is 0 Å². The second kappa shape index (κ2) is 16.7. The first-order chi connectivity index (χ1) is 0. The summed E-state index contributed by atoms with van der Waals surface area (Å²) in [7, 11) is 0. The van der Waals surface area contributed by atoms with E-state index in [0.29, 0.717) is 0 Å². The summed E-state index contributed by atoms with van der Waals surface area (Å²) in [6, 6.07) is 0. The predicted molar refractivity (Wildman–Crippen MR) is 18.5 cm³/mol. The molecule has 0 aromatic heterocycles. The maximum absolute atomic E-state index is 0. The average molecular weight is 254 g/mol. The van der Waals surface area contributed by atoms with Gasteiger partial charge in [-0.2, -0.15) is 0 Å². The normalized spacial score (nSPS) is 0. The molecule has 0 spiro atoms. The Balaban J connectivity index is 0.